The molecule has 24 heavy (non-hydrogen) atoms. The Labute approximate surface area is 156 Å². The Balaban J connectivity index is 3.84. The predicted molar refractivity (Wildman–Crippen MR) is 117 cm³/mol. The molecule has 1 aliphatic rings. The second-order valence-electron chi connectivity index (χ2n) is 13.1. The summed E-state index contributed by atoms with van der Waals surface area (Å²) in [5, 5.41) is 0.794. The Kier molecular flexibility index (Phi) is 5.17. The van der Waals surface area contributed by atoms with Gasteiger partial charge in [-0.25, -0.2) is 0 Å². The average molecular weight is 366 g/mol. The number of rotatable bonds is 2. The van der Waals surface area contributed by atoms with Gasteiger partial charge >= 0.3 is 0 Å². The molecule has 0 atom stereocenters. The lowest BCUT2D eigenvalue weighted by molar-refractivity contribution is 0.320. The molecule has 0 saturated heterocycles. The molecule has 0 saturated carbocycles. The predicted octanol–water partition coefficient (Wildman–Crippen LogP) is 7.89. The van der Waals surface area contributed by atoms with Crippen LogP contribution >= 0.6 is 0 Å². The van der Waals surface area contributed by atoms with E-state index in [1.54, 1.807) is 0 Å². The summed E-state index contributed by atoms with van der Waals surface area (Å²) in [7, 11) is -1.88. The molecular weight excluding hydrogens is 320 g/mol. The van der Waals surface area contributed by atoms with E-state index in [4.69, 9.17) is 0 Å². The third-order valence-electron chi connectivity index (χ3n) is 5.44. The van der Waals surface area contributed by atoms with Crippen molar-refractivity contribution in [2.75, 3.05) is 0 Å². The highest BCUT2D eigenvalue weighted by atomic mass is 29.2. The fraction of sp³-hybridized carbons (Fsp3) is 0.909. The van der Waals surface area contributed by atoms with Crippen molar-refractivity contribution in [1.82, 2.24) is 0 Å². The third-order valence-corrected chi connectivity index (χ3v) is 18.3. The largest absolute Gasteiger partial charge is 0.0716 e. The van der Waals surface area contributed by atoms with Crippen LogP contribution in [0.2, 0.25) is 29.7 Å². The number of hydrogen-bond acceptors (Lipinski definition) is 0. The molecule has 0 spiro atoms. The van der Waals surface area contributed by atoms with Crippen LogP contribution in [0.25, 0.3) is 0 Å². The van der Waals surface area contributed by atoms with Crippen molar-refractivity contribution in [3.63, 3.8) is 0 Å². The van der Waals surface area contributed by atoms with Crippen LogP contribution in [-0.4, -0.2) is 15.9 Å². The Morgan fingerprint density at radius 2 is 0.917 bits per heavy atom. The van der Waals surface area contributed by atoms with Crippen molar-refractivity contribution in [2.45, 2.75) is 113 Å². The van der Waals surface area contributed by atoms with E-state index in [1.807, 2.05) is 11.1 Å². The van der Waals surface area contributed by atoms with Crippen LogP contribution in [0.15, 0.2) is 11.1 Å². The van der Waals surface area contributed by atoms with Crippen LogP contribution in [0.5, 0.6) is 0 Å². The molecule has 0 bridgehead atoms. The molecule has 0 unspecified atom stereocenters. The van der Waals surface area contributed by atoms with E-state index >= 15 is 0 Å². The number of allylic oxidation sites excluding steroid dienone is 2. The van der Waals surface area contributed by atoms with Crippen LogP contribution < -0.4 is 0 Å². The van der Waals surface area contributed by atoms with Gasteiger partial charge in [0.2, 0.25) is 0 Å². The summed E-state index contributed by atoms with van der Waals surface area (Å²) in [4.78, 5) is 0. The molecule has 141 valence electrons. The van der Waals surface area contributed by atoms with Gasteiger partial charge in [0, 0.05) is 12.6 Å². The van der Waals surface area contributed by atoms with Crippen molar-refractivity contribution >= 4 is 15.9 Å². The van der Waals surface area contributed by atoms with E-state index in [0.717, 1.165) is 0 Å². The topological polar surface area (TPSA) is 0 Å². The maximum absolute atomic E-state index is 2.64. The summed E-state index contributed by atoms with van der Waals surface area (Å²) < 4.78 is 0. The number of hydrogen-bond donors (Lipinski definition) is 0. The van der Waals surface area contributed by atoms with Gasteiger partial charge in [-0.15, -0.1) is 0 Å². The van der Waals surface area contributed by atoms with Crippen molar-refractivity contribution in [1.29, 1.82) is 0 Å². The van der Waals surface area contributed by atoms with E-state index in [0.29, 0.717) is 15.5 Å². The molecular formula is C22H45Si2. The second kappa shape index (κ2) is 5.58. The summed E-state index contributed by atoms with van der Waals surface area (Å²) in [6.07, 6.45) is 0. The van der Waals surface area contributed by atoms with Crippen molar-refractivity contribution in [2.24, 2.45) is 16.2 Å². The third kappa shape index (κ3) is 3.52. The zero-order valence-corrected chi connectivity index (χ0v) is 21.5. The summed E-state index contributed by atoms with van der Waals surface area (Å²) in [5.41, 5.74) is 4.50. The Bertz CT molecular complexity index is 479. The minimum absolute atomic E-state index is 0.275. The van der Waals surface area contributed by atoms with Crippen molar-refractivity contribution < 1.29 is 0 Å². The first kappa shape index (κ1) is 22.2. The zero-order valence-electron chi connectivity index (χ0n) is 19.5. The molecule has 0 fully saturated rings. The molecule has 0 aromatic heterocycles. The molecule has 0 aromatic carbocycles. The van der Waals surface area contributed by atoms with Gasteiger partial charge in [-0.3, -0.25) is 0 Å². The lowest BCUT2D eigenvalue weighted by atomic mass is 9.77. The zero-order chi connectivity index (χ0) is 19.7. The molecule has 1 rings (SSSR count). The quantitative estimate of drug-likeness (QED) is 0.345. The SMILES string of the molecule is CC(C)(C)C1=C(C(C)(C)C)C1([Si](C(C)(C)C)[Si](C)(C)C)C(C)(C)C. The lowest BCUT2D eigenvalue weighted by Crippen LogP contribution is -2.58. The van der Waals surface area contributed by atoms with Crippen molar-refractivity contribution in [3.05, 3.63) is 11.1 Å². The highest BCUT2D eigenvalue weighted by Crippen LogP contribution is 2.81. The highest BCUT2D eigenvalue weighted by Gasteiger charge is 2.72. The normalized spacial score (nSPS) is 20.0. The van der Waals surface area contributed by atoms with Gasteiger partial charge in [-0.2, -0.15) is 0 Å². The molecule has 0 aromatic rings. The summed E-state index contributed by atoms with van der Waals surface area (Å²) >= 11 is 0. The standard InChI is InChI=1S/C22H45Si2/c1-18(2,3)16-17(19(4,5)6)22(16,20(7,8)9)23(21(10,11)12)24(13,14)15/h1-15H3. The van der Waals surface area contributed by atoms with Gasteiger partial charge in [0.05, 0.1) is 8.31 Å². The van der Waals surface area contributed by atoms with Gasteiger partial charge in [0.25, 0.3) is 0 Å². The maximum Gasteiger partial charge on any atom is 0.0644 e. The van der Waals surface area contributed by atoms with Gasteiger partial charge in [0.15, 0.2) is 0 Å². The molecule has 0 N–H and O–H groups in total. The summed E-state index contributed by atoms with van der Waals surface area (Å²) in [6.45, 7) is 37.8. The first-order valence-corrected chi connectivity index (χ1v) is 15.8. The fourth-order valence-corrected chi connectivity index (χ4v) is 24.5. The molecule has 0 aliphatic heterocycles. The molecule has 2 heteroatoms. The van der Waals surface area contributed by atoms with Gasteiger partial charge in [-0.05, 0) is 21.3 Å². The minimum atomic E-state index is -1.29. The average Bonchev–Trinajstić information content (AvgIpc) is 2.80. The summed E-state index contributed by atoms with van der Waals surface area (Å²) in [6, 6.07) is 0. The van der Waals surface area contributed by atoms with Crippen LogP contribution in [0.4, 0.5) is 0 Å². The van der Waals surface area contributed by atoms with Gasteiger partial charge < -0.3 is 0 Å². The lowest BCUT2D eigenvalue weighted by Gasteiger charge is -2.53. The molecule has 1 radical (unpaired) electrons. The van der Waals surface area contributed by atoms with Gasteiger partial charge in [-0.1, -0.05) is 114 Å². The summed E-state index contributed by atoms with van der Waals surface area (Å²) in [5.74, 6) is 0. The van der Waals surface area contributed by atoms with E-state index in [2.05, 4.69) is 103 Å². The molecule has 0 amide bonds. The monoisotopic (exact) mass is 365 g/mol. The van der Waals surface area contributed by atoms with E-state index < -0.39 is 15.9 Å². The Morgan fingerprint density at radius 1 is 0.625 bits per heavy atom. The first-order valence-electron chi connectivity index (χ1n) is 9.75. The molecule has 1 aliphatic carbocycles. The smallest absolute Gasteiger partial charge is 0.0644 e. The van der Waals surface area contributed by atoms with E-state index in [1.165, 1.54) is 0 Å². The highest BCUT2D eigenvalue weighted by molar-refractivity contribution is 7.34. The van der Waals surface area contributed by atoms with E-state index in [-0.39, 0.29) is 10.8 Å². The molecule has 0 nitrogen and oxygen atoms in total. The maximum atomic E-state index is 2.64. The first-order chi connectivity index (χ1) is 10.1. The van der Waals surface area contributed by atoms with Crippen molar-refractivity contribution in [3.8, 4) is 0 Å². The van der Waals surface area contributed by atoms with Crippen LogP contribution in [0, 0.1) is 16.2 Å². The molecule has 0 heterocycles. The van der Waals surface area contributed by atoms with Crippen LogP contribution in [0.3, 0.4) is 0 Å². The Hall–Kier alpha value is 0.174. The Morgan fingerprint density at radius 3 is 1.04 bits per heavy atom. The van der Waals surface area contributed by atoms with E-state index in [9.17, 15) is 0 Å². The fourth-order valence-electron chi connectivity index (χ4n) is 5.78. The van der Waals surface area contributed by atoms with Gasteiger partial charge in [0.1, 0.15) is 0 Å². The van der Waals surface area contributed by atoms with Crippen LogP contribution in [-0.2, 0) is 0 Å². The second-order valence-corrected chi connectivity index (χ2v) is 26.6. The van der Waals surface area contributed by atoms with Crippen LogP contribution in [0.1, 0.15) is 83.1 Å². The minimum Gasteiger partial charge on any atom is -0.0716 e.